The standard InChI is InChI=1S/C23H25N3O3S/c1-26(2)13-14-29-21-10-5-4-9-19(21)20-16-30-23(24-20)25-22(27)12-11-17-7-6-8-18(15-17)28-3/h4-12,15-16H,13-14H2,1-3H3,(H,24,25,27)/b12-11+. The van der Waals surface area contributed by atoms with Crippen LogP contribution in [-0.4, -0.2) is 50.1 Å². The van der Waals surface area contributed by atoms with Crippen molar-refractivity contribution in [3.8, 4) is 22.8 Å². The molecule has 30 heavy (non-hydrogen) atoms. The molecule has 3 aromatic rings. The third kappa shape index (κ3) is 6.17. The number of carbonyl (C=O) groups is 1. The van der Waals surface area contributed by atoms with Crippen LogP contribution in [0.3, 0.4) is 0 Å². The minimum atomic E-state index is -0.241. The van der Waals surface area contributed by atoms with Crippen LogP contribution in [0.1, 0.15) is 5.56 Å². The minimum absolute atomic E-state index is 0.241. The number of ether oxygens (including phenoxy) is 2. The Kier molecular flexibility index (Phi) is 7.59. The van der Waals surface area contributed by atoms with Gasteiger partial charge in [0.15, 0.2) is 5.13 Å². The normalized spacial score (nSPS) is 11.1. The fourth-order valence-corrected chi connectivity index (χ4v) is 3.37. The summed E-state index contributed by atoms with van der Waals surface area (Å²) in [5, 5.41) is 5.26. The molecule has 0 radical (unpaired) electrons. The molecule has 3 rings (SSSR count). The number of nitrogens with one attached hydrogen (secondary N) is 1. The first-order chi connectivity index (χ1) is 14.5. The average Bonchev–Trinajstić information content (AvgIpc) is 3.20. The van der Waals surface area contributed by atoms with E-state index in [4.69, 9.17) is 9.47 Å². The Labute approximate surface area is 180 Å². The van der Waals surface area contributed by atoms with E-state index < -0.39 is 0 Å². The van der Waals surface area contributed by atoms with Crippen molar-refractivity contribution in [3.63, 3.8) is 0 Å². The number of benzene rings is 2. The number of methoxy groups -OCH3 is 1. The van der Waals surface area contributed by atoms with Gasteiger partial charge in [-0.15, -0.1) is 11.3 Å². The van der Waals surface area contributed by atoms with E-state index in [1.807, 2.05) is 68.0 Å². The number of nitrogens with zero attached hydrogens (tertiary/aromatic N) is 2. The van der Waals surface area contributed by atoms with E-state index in [1.54, 1.807) is 13.2 Å². The summed E-state index contributed by atoms with van der Waals surface area (Å²) in [6, 6.07) is 15.3. The molecule has 0 atom stereocenters. The maximum atomic E-state index is 12.3. The fraction of sp³-hybridized carbons (Fsp3) is 0.217. The Balaban J connectivity index is 1.65. The highest BCUT2D eigenvalue weighted by molar-refractivity contribution is 7.14. The monoisotopic (exact) mass is 423 g/mol. The van der Waals surface area contributed by atoms with Crippen LogP contribution in [0.2, 0.25) is 0 Å². The van der Waals surface area contributed by atoms with Crippen LogP contribution in [0.15, 0.2) is 60.0 Å². The third-order valence-electron chi connectivity index (χ3n) is 4.21. The quantitative estimate of drug-likeness (QED) is 0.517. The minimum Gasteiger partial charge on any atom is -0.497 e. The number of amides is 1. The lowest BCUT2D eigenvalue weighted by Gasteiger charge is -2.13. The molecule has 0 bridgehead atoms. The Bertz CT molecular complexity index is 1010. The molecule has 0 unspecified atom stereocenters. The van der Waals surface area contributed by atoms with Crippen LogP contribution in [0.25, 0.3) is 17.3 Å². The molecule has 0 aliphatic rings. The van der Waals surface area contributed by atoms with Crippen molar-refractivity contribution in [1.29, 1.82) is 0 Å². The van der Waals surface area contributed by atoms with Crippen LogP contribution in [0.4, 0.5) is 5.13 Å². The zero-order valence-corrected chi connectivity index (χ0v) is 18.1. The summed E-state index contributed by atoms with van der Waals surface area (Å²) >= 11 is 1.38. The van der Waals surface area contributed by atoms with E-state index in [0.29, 0.717) is 11.7 Å². The highest BCUT2D eigenvalue weighted by atomic mass is 32.1. The predicted molar refractivity (Wildman–Crippen MR) is 122 cm³/mol. The topological polar surface area (TPSA) is 63.7 Å². The lowest BCUT2D eigenvalue weighted by molar-refractivity contribution is -0.111. The van der Waals surface area contributed by atoms with E-state index in [2.05, 4.69) is 15.2 Å². The second-order valence-electron chi connectivity index (χ2n) is 6.78. The summed E-state index contributed by atoms with van der Waals surface area (Å²) in [5.41, 5.74) is 2.56. The number of anilines is 1. The third-order valence-corrected chi connectivity index (χ3v) is 4.97. The van der Waals surface area contributed by atoms with Gasteiger partial charge in [0.1, 0.15) is 18.1 Å². The Morgan fingerprint density at radius 2 is 2.03 bits per heavy atom. The molecular formula is C23H25N3O3S. The molecule has 0 aliphatic carbocycles. The lowest BCUT2D eigenvalue weighted by Crippen LogP contribution is -2.19. The van der Waals surface area contributed by atoms with Crippen molar-refractivity contribution in [2.75, 3.05) is 39.7 Å². The van der Waals surface area contributed by atoms with Crippen LogP contribution < -0.4 is 14.8 Å². The second kappa shape index (κ2) is 10.6. The predicted octanol–water partition coefficient (Wildman–Crippen LogP) is 4.41. The van der Waals surface area contributed by atoms with Crippen LogP contribution >= 0.6 is 11.3 Å². The summed E-state index contributed by atoms with van der Waals surface area (Å²) in [6.45, 7) is 1.42. The number of hydrogen-bond donors (Lipinski definition) is 1. The van der Waals surface area contributed by atoms with Gasteiger partial charge in [-0.1, -0.05) is 24.3 Å². The van der Waals surface area contributed by atoms with Crippen molar-refractivity contribution in [2.45, 2.75) is 0 Å². The van der Waals surface area contributed by atoms with Crippen molar-refractivity contribution >= 4 is 28.5 Å². The van der Waals surface area contributed by atoms with Gasteiger partial charge >= 0.3 is 0 Å². The first kappa shape index (κ1) is 21.5. The second-order valence-corrected chi connectivity index (χ2v) is 7.64. The van der Waals surface area contributed by atoms with Gasteiger partial charge < -0.3 is 14.4 Å². The largest absolute Gasteiger partial charge is 0.497 e. The van der Waals surface area contributed by atoms with Gasteiger partial charge in [-0.25, -0.2) is 4.98 Å². The molecular weight excluding hydrogens is 398 g/mol. The molecule has 0 fully saturated rings. The van der Waals surface area contributed by atoms with Crippen LogP contribution in [0, 0.1) is 0 Å². The van der Waals surface area contributed by atoms with Crippen molar-refractivity contribution in [1.82, 2.24) is 9.88 Å². The highest BCUT2D eigenvalue weighted by Crippen LogP contribution is 2.32. The number of rotatable bonds is 9. The number of likely N-dealkylation sites (N-methyl/N-ethyl adjacent to an activating group) is 1. The van der Waals surface area contributed by atoms with Gasteiger partial charge in [0.25, 0.3) is 0 Å². The maximum Gasteiger partial charge on any atom is 0.250 e. The highest BCUT2D eigenvalue weighted by Gasteiger charge is 2.11. The van der Waals surface area contributed by atoms with Crippen molar-refractivity contribution < 1.29 is 14.3 Å². The van der Waals surface area contributed by atoms with Gasteiger partial charge in [-0.05, 0) is 50.0 Å². The zero-order valence-electron chi connectivity index (χ0n) is 17.3. The van der Waals surface area contributed by atoms with Gasteiger partial charge in [0.2, 0.25) is 5.91 Å². The van der Waals surface area contributed by atoms with E-state index in [9.17, 15) is 4.79 Å². The summed E-state index contributed by atoms with van der Waals surface area (Å²) in [5.74, 6) is 1.28. The SMILES string of the molecule is COc1cccc(/C=C/C(=O)Nc2nc(-c3ccccc3OCCN(C)C)cs2)c1. The molecule has 156 valence electrons. The summed E-state index contributed by atoms with van der Waals surface area (Å²) in [6.07, 6.45) is 3.22. The Hall–Kier alpha value is -3.16. The molecule has 0 saturated carbocycles. The number of para-hydroxylation sites is 1. The molecule has 2 aromatic carbocycles. The molecule has 0 aliphatic heterocycles. The maximum absolute atomic E-state index is 12.3. The van der Waals surface area contributed by atoms with E-state index in [0.717, 1.165) is 34.9 Å². The average molecular weight is 424 g/mol. The fourth-order valence-electron chi connectivity index (χ4n) is 2.66. The van der Waals surface area contributed by atoms with E-state index in [1.165, 1.54) is 17.4 Å². The molecule has 1 aromatic heterocycles. The first-order valence-electron chi connectivity index (χ1n) is 9.51. The molecule has 0 saturated heterocycles. The summed E-state index contributed by atoms with van der Waals surface area (Å²) in [4.78, 5) is 18.9. The summed E-state index contributed by atoms with van der Waals surface area (Å²) in [7, 11) is 5.63. The molecule has 7 heteroatoms. The van der Waals surface area contributed by atoms with E-state index >= 15 is 0 Å². The number of hydrogen-bond acceptors (Lipinski definition) is 6. The zero-order chi connectivity index (χ0) is 21.3. The lowest BCUT2D eigenvalue weighted by atomic mass is 10.1. The number of carbonyl (C=O) groups excluding carboxylic acids is 1. The van der Waals surface area contributed by atoms with Gasteiger partial charge in [-0.3, -0.25) is 10.1 Å². The number of thiazole rings is 1. The Morgan fingerprint density at radius 3 is 2.83 bits per heavy atom. The first-order valence-corrected chi connectivity index (χ1v) is 10.4. The molecule has 6 nitrogen and oxygen atoms in total. The molecule has 1 heterocycles. The van der Waals surface area contributed by atoms with Crippen molar-refractivity contribution in [3.05, 3.63) is 65.6 Å². The van der Waals surface area contributed by atoms with Gasteiger partial charge in [0.05, 0.1) is 12.8 Å². The summed E-state index contributed by atoms with van der Waals surface area (Å²) < 4.78 is 11.1. The molecule has 1 amide bonds. The van der Waals surface area contributed by atoms with E-state index in [-0.39, 0.29) is 5.91 Å². The van der Waals surface area contributed by atoms with Crippen LogP contribution in [-0.2, 0) is 4.79 Å². The molecule has 0 spiro atoms. The smallest absolute Gasteiger partial charge is 0.250 e. The molecule has 1 N–H and O–H groups in total. The van der Waals surface area contributed by atoms with Crippen LogP contribution in [0.5, 0.6) is 11.5 Å². The number of aromatic nitrogens is 1. The Morgan fingerprint density at radius 1 is 1.20 bits per heavy atom. The van der Waals surface area contributed by atoms with Gasteiger partial charge in [-0.2, -0.15) is 0 Å². The van der Waals surface area contributed by atoms with Crippen molar-refractivity contribution in [2.24, 2.45) is 0 Å². The van der Waals surface area contributed by atoms with Gasteiger partial charge in [0, 0.05) is 23.6 Å².